The van der Waals surface area contributed by atoms with Gasteiger partial charge in [-0.2, -0.15) is 0 Å². The summed E-state index contributed by atoms with van der Waals surface area (Å²) in [6.45, 7) is 3.34. The van der Waals surface area contributed by atoms with Crippen molar-refractivity contribution in [3.05, 3.63) is 59.4 Å². The maximum absolute atomic E-state index is 14.3. The van der Waals surface area contributed by atoms with Crippen LogP contribution in [0.15, 0.2) is 47.4 Å². The van der Waals surface area contributed by atoms with Crippen LogP contribution in [-0.4, -0.2) is 21.8 Å². The molecule has 0 aliphatic carbocycles. The molecule has 1 atom stereocenters. The number of nitrogens with two attached hydrogens (primary N) is 1. The number of hydrogen-bond acceptors (Lipinski definition) is 4. The fourth-order valence-electron chi connectivity index (χ4n) is 2.75. The lowest BCUT2D eigenvalue weighted by Gasteiger charge is -2.18. The van der Waals surface area contributed by atoms with Crippen LogP contribution in [-0.2, 0) is 20.3 Å². The van der Waals surface area contributed by atoms with Gasteiger partial charge in [0.1, 0.15) is 11.6 Å². The summed E-state index contributed by atoms with van der Waals surface area (Å²) in [7, 11) is -1.43. The SMILES string of the molecule is CS(=O)c1ccc(C2=C(c3ccc(N)cc3)C(=O)C(C)(C)O2)cc1F. The topological polar surface area (TPSA) is 69.4 Å². The molecule has 1 aliphatic rings. The highest BCUT2D eigenvalue weighted by atomic mass is 32.2. The summed E-state index contributed by atoms with van der Waals surface area (Å²) in [6, 6.07) is 11.2. The number of nitrogen functional groups attached to an aromatic ring is 1. The normalized spacial score (nSPS) is 17.5. The lowest BCUT2D eigenvalue weighted by molar-refractivity contribution is -0.125. The van der Waals surface area contributed by atoms with Gasteiger partial charge in [0.15, 0.2) is 5.60 Å². The zero-order valence-electron chi connectivity index (χ0n) is 14.1. The minimum atomic E-state index is -1.43. The van der Waals surface area contributed by atoms with Crippen molar-refractivity contribution in [2.24, 2.45) is 0 Å². The Morgan fingerprint density at radius 1 is 1.08 bits per heavy atom. The van der Waals surface area contributed by atoms with Crippen LogP contribution < -0.4 is 5.73 Å². The molecule has 0 bridgehead atoms. The van der Waals surface area contributed by atoms with Crippen molar-refractivity contribution in [3.8, 4) is 0 Å². The largest absolute Gasteiger partial charge is 0.478 e. The number of benzene rings is 2. The molecule has 0 saturated carbocycles. The minimum Gasteiger partial charge on any atom is -0.478 e. The molecule has 0 radical (unpaired) electrons. The Hall–Kier alpha value is -2.47. The molecular formula is C19H18FNO3S. The molecule has 25 heavy (non-hydrogen) atoms. The fraction of sp³-hybridized carbons (Fsp3) is 0.211. The second-order valence-electron chi connectivity index (χ2n) is 6.37. The summed E-state index contributed by atoms with van der Waals surface area (Å²) in [5.74, 6) is -0.467. The number of ether oxygens (including phenoxy) is 1. The first-order valence-electron chi connectivity index (χ1n) is 7.68. The van der Waals surface area contributed by atoms with E-state index in [1.54, 1.807) is 44.2 Å². The molecule has 0 fully saturated rings. The van der Waals surface area contributed by atoms with Gasteiger partial charge in [0, 0.05) is 17.5 Å². The Balaban J connectivity index is 2.18. The highest BCUT2D eigenvalue weighted by Crippen LogP contribution is 2.41. The number of Topliss-reactive ketones (excluding diaryl/α,β-unsaturated/α-hetero) is 1. The second-order valence-corrected chi connectivity index (χ2v) is 7.72. The van der Waals surface area contributed by atoms with Gasteiger partial charge in [0.05, 0.1) is 21.3 Å². The van der Waals surface area contributed by atoms with Crippen LogP contribution in [0.1, 0.15) is 25.0 Å². The smallest absolute Gasteiger partial charge is 0.210 e. The third-order valence-electron chi connectivity index (χ3n) is 4.06. The summed E-state index contributed by atoms with van der Waals surface area (Å²) >= 11 is 0. The highest BCUT2D eigenvalue weighted by molar-refractivity contribution is 7.84. The molecule has 0 aromatic heterocycles. The molecule has 1 aliphatic heterocycles. The van der Waals surface area contributed by atoms with Crippen LogP contribution in [0.2, 0.25) is 0 Å². The van der Waals surface area contributed by atoms with Crippen molar-refractivity contribution >= 4 is 33.6 Å². The van der Waals surface area contributed by atoms with Gasteiger partial charge in [-0.1, -0.05) is 12.1 Å². The van der Waals surface area contributed by atoms with E-state index in [2.05, 4.69) is 0 Å². The average molecular weight is 359 g/mol. The first-order valence-corrected chi connectivity index (χ1v) is 9.24. The predicted molar refractivity (Wildman–Crippen MR) is 96.6 cm³/mol. The van der Waals surface area contributed by atoms with Crippen molar-refractivity contribution in [1.29, 1.82) is 0 Å². The van der Waals surface area contributed by atoms with E-state index in [0.717, 1.165) is 0 Å². The van der Waals surface area contributed by atoms with Gasteiger partial charge < -0.3 is 10.5 Å². The van der Waals surface area contributed by atoms with Crippen LogP contribution in [0.25, 0.3) is 11.3 Å². The van der Waals surface area contributed by atoms with Crippen molar-refractivity contribution in [1.82, 2.24) is 0 Å². The van der Waals surface area contributed by atoms with E-state index in [9.17, 15) is 13.4 Å². The monoisotopic (exact) mass is 359 g/mol. The van der Waals surface area contributed by atoms with Gasteiger partial charge in [-0.05, 0) is 49.7 Å². The molecule has 0 spiro atoms. The Kier molecular flexibility index (Phi) is 4.24. The van der Waals surface area contributed by atoms with Crippen LogP contribution in [0.4, 0.5) is 10.1 Å². The third-order valence-corrected chi connectivity index (χ3v) is 5.01. The Morgan fingerprint density at radius 3 is 2.24 bits per heavy atom. The molecule has 3 rings (SSSR count). The van der Waals surface area contributed by atoms with E-state index in [4.69, 9.17) is 10.5 Å². The number of anilines is 1. The lowest BCUT2D eigenvalue weighted by atomic mass is 9.92. The summed E-state index contributed by atoms with van der Waals surface area (Å²) in [6.07, 6.45) is 1.41. The molecule has 0 saturated heterocycles. The molecule has 0 amide bonds. The van der Waals surface area contributed by atoms with Crippen molar-refractivity contribution in [3.63, 3.8) is 0 Å². The second kappa shape index (κ2) is 6.11. The Morgan fingerprint density at radius 2 is 1.68 bits per heavy atom. The Labute approximate surface area is 148 Å². The minimum absolute atomic E-state index is 0.113. The highest BCUT2D eigenvalue weighted by Gasteiger charge is 2.42. The van der Waals surface area contributed by atoms with Crippen molar-refractivity contribution < 1.29 is 18.1 Å². The summed E-state index contributed by atoms with van der Waals surface area (Å²) < 4.78 is 31.6. The molecule has 1 heterocycles. The molecule has 2 N–H and O–H groups in total. The number of halogens is 1. The van der Waals surface area contributed by atoms with Crippen molar-refractivity contribution in [2.45, 2.75) is 24.3 Å². The number of ketones is 1. The summed E-state index contributed by atoms with van der Waals surface area (Å²) in [5.41, 5.74) is 6.72. The first kappa shape index (κ1) is 17.4. The molecule has 1 unspecified atom stereocenters. The number of rotatable bonds is 3. The van der Waals surface area contributed by atoms with Gasteiger partial charge in [0.25, 0.3) is 0 Å². The molecule has 2 aromatic carbocycles. The van der Waals surface area contributed by atoms with E-state index in [-0.39, 0.29) is 10.7 Å². The molecule has 4 nitrogen and oxygen atoms in total. The van der Waals surface area contributed by atoms with E-state index in [1.165, 1.54) is 18.4 Å². The summed E-state index contributed by atoms with van der Waals surface area (Å²) in [5, 5.41) is 0. The van der Waals surface area contributed by atoms with Crippen LogP contribution in [0.5, 0.6) is 0 Å². The molecule has 2 aromatic rings. The number of carbonyl (C=O) groups excluding carboxylic acids is 1. The number of hydrogen-bond donors (Lipinski definition) is 1. The van der Waals surface area contributed by atoms with Gasteiger partial charge >= 0.3 is 0 Å². The lowest BCUT2D eigenvalue weighted by Crippen LogP contribution is -2.29. The van der Waals surface area contributed by atoms with Crippen LogP contribution >= 0.6 is 0 Å². The van der Waals surface area contributed by atoms with Crippen LogP contribution in [0.3, 0.4) is 0 Å². The molecule has 130 valence electrons. The van der Waals surface area contributed by atoms with Gasteiger partial charge in [-0.25, -0.2) is 4.39 Å². The fourth-order valence-corrected chi connectivity index (χ4v) is 3.34. The van der Waals surface area contributed by atoms with Gasteiger partial charge in [-0.15, -0.1) is 0 Å². The van der Waals surface area contributed by atoms with Crippen molar-refractivity contribution in [2.75, 3.05) is 12.0 Å². The van der Waals surface area contributed by atoms with E-state index < -0.39 is 22.2 Å². The zero-order chi connectivity index (χ0) is 18.4. The van der Waals surface area contributed by atoms with E-state index in [1.807, 2.05) is 0 Å². The molecular weight excluding hydrogens is 341 g/mol. The van der Waals surface area contributed by atoms with E-state index in [0.29, 0.717) is 28.1 Å². The van der Waals surface area contributed by atoms with E-state index >= 15 is 0 Å². The van der Waals surface area contributed by atoms with Crippen LogP contribution in [0, 0.1) is 5.82 Å². The zero-order valence-corrected chi connectivity index (χ0v) is 14.9. The van der Waals surface area contributed by atoms with Gasteiger partial charge in [0.2, 0.25) is 5.78 Å². The maximum atomic E-state index is 14.3. The molecule has 6 heteroatoms. The standard InChI is InChI=1S/C19H18FNO3S/c1-19(2)18(22)16(11-4-7-13(21)8-5-11)17(24-19)12-6-9-15(25(3)23)14(20)10-12/h4-10H,21H2,1-3H3. The first-order chi connectivity index (χ1) is 11.7. The quantitative estimate of drug-likeness (QED) is 0.853. The van der Waals surface area contributed by atoms with Gasteiger partial charge in [-0.3, -0.25) is 9.00 Å². The maximum Gasteiger partial charge on any atom is 0.210 e. The Bertz CT molecular complexity index is 917. The third kappa shape index (κ3) is 3.09. The summed E-state index contributed by atoms with van der Waals surface area (Å²) in [4.78, 5) is 12.9. The predicted octanol–water partition coefficient (Wildman–Crippen LogP) is 3.39. The number of carbonyl (C=O) groups is 1. The average Bonchev–Trinajstić information content (AvgIpc) is 2.78.